The molecule has 7 heteroatoms. The van der Waals surface area contributed by atoms with Crippen LogP contribution in [0.4, 0.5) is 5.95 Å². The molecule has 0 aromatic carbocycles. The van der Waals surface area contributed by atoms with E-state index in [-0.39, 0.29) is 6.10 Å². The lowest BCUT2D eigenvalue weighted by molar-refractivity contribution is 0.120. The van der Waals surface area contributed by atoms with E-state index in [0.717, 1.165) is 68.9 Å². The van der Waals surface area contributed by atoms with Crippen molar-refractivity contribution in [2.45, 2.75) is 57.7 Å². The van der Waals surface area contributed by atoms with Crippen LogP contribution in [-0.4, -0.2) is 46.3 Å². The zero-order valence-electron chi connectivity index (χ0n) is 15.4. The lowest BCUT2D eigenvalue weighted by Crippen LogP contribution is -2.20. The van der Waals surface area contributed by atoms with Gasteiger partial charge in [-0.2, -0.15) is 0 Å². The molecular weight excluding hydrogens is 330 g/mol. The number of aromatic nitrogens is 3. The van der Waals surface area contributed by atoms with Crippen LogP contribution >= 0.6 is 0 Å². The van der Waals surface area contributed by atoms with Crippen LogP contribution in [0.15, 0.2) is 16.9 Å². The van der Waals surface area contributed by atoms with E-state index in [1.807, 2.05) is 12.4 Å². The first-order chi connectivity index (χ1) is 12.8. The molecule has 0 radical (unpaired) electrons. The Balaban J connectivity index is 1.28. The van der Waals surface area contributed by atoms with Gasteiger partial charge >= 0.3 is 0 Å². The summed E-state index contributed by atoms with van der Waals surface area (Å²) >= 11 is 0. The third-order valence-corrected chi connectivity index (χ3v) is 5.12. The number of nitrogens with one attached hydrogen (secondary N) is 1. The SMILES string of the molecule is CN(Cc1cnc(NCC2CCCO2)nc1)Cc1noc2c1CCCC2. The fraction of sp³-hybridized carbons (Fsp3) is 0.632. The summed E-state index contributed by atoms with van der Waals surface area (Å²) in [5.74, 6) is 1.75. The Labute approximate surface area is 154 Å². The van der Waals surface area contributed by atoms with Gasteiger partial charge in [-0.1, -0.05) is 5.16 Å². The summed E-state index contributed by atoms with van der Waals surface area (Å²) in [6, 6.07) is 0. The van der Waals surface area contributed by atoms with Crippen molar-refractivity contribution in [3.8, 4) is 0 Å². The summed E-state index contributed by atoms with van der Waals surface area (Å²) in [5.41, 5.74) is 3.50. The van der Waals surface area contributed by atoms with Crippen molar-refractivity contribution < 1.29 is 9.26 Å². The molecule has 140 valence electrons. The van der Waals surface area contributed by atoms with Gasteiger partial charge in [0.05, 0.1) is 6.10 Å². The molecule has 1 aliphatic carbocycles. The van der Waals surface area contributed by atoms with Gasteiger partial charge in [0.25, 0.3) is 0 Å². The van der Waals surface area contributed by atoms with E-state index in [0.29, 0.717) is 5.95 Å². The first-order valence-electron chi connectivity index (χ1n) is 9.59. The lowest BCUT2D eigenvalue weighted by Gasteiger charge is -2.17. The molecule has 2 aliphatic rings. The first kappa shape index (κ1) is 17.4. The van der Waals surface area contributed by atoms with Gasteiger partial charge in [-0.3, -0.25) is 4.90 Å². The van der Waals surface area contributed by atoms with Crippen LogP contribution in [0.2, 0.25) is 0 Å². The number of hydrogen-bond donors (Lipinski definition) is 1. The van der Waals surface area contributed by atoms with E-state index >= 15 is 0 Å². The molecule has 0 amide bonds. The maximum atomic E-state index is 5.60. The number of anilines is 1. The van der Waals surface area contributed by atoms with E-state index in [2.05, 4.69) is 32.4 Å². The van der Waals surface area contributed by atoms with E-state index in [9.17, 15) is 0 Å². The highest BCUT2D eigenvalue weighted by atomic mass is 16.5. The Bertz CT molecular complexity index is 709. The summed E-state index contributed by atoms with van der Waals surface area (Å²) in [6.45, 7) is 3.22. The maximum absolute atomic E-state index is 5.60. The Morgan fingerprint density at radius 1 is 1.15 bits per heavy atom. The normalized spacial score (nSPS) is 19.7. The average molecular weight is 357 g/mol. The second-order valence-electron chi connectivity index (χ2n) is 7.34. The number of nitrogens with zero attached hydrogens (tertiary/aromatic N) is 4. The fourth-order valence-corrected chi connectivity index (χ4v) is 3.73. The number of fused-ring (bicyclic) bond motifs is 1. The van der Waals surface area contributed by atoms with E-state index in [4.69, 9.17) is 9.26 Å². The Hall–Kier alpha value is -1.99. The number of ether oxygens (including phenoxy) is 1. The molecule has 0 spiro atoms. The molecule has 1 fully saturated rings. The smallest absolute Gasteiger partial charge is 0.222 e. The van der Waals surface area contributed by atoms with Gasteiger partial charge in [-0.15, -0.1) is 0 Å². The van der Waals surface area contributed by atoms with Crippen LogP contribution in [-0.2, 0) is 30.7 Å². The molecule has 1 unspecified atom stereocenters. The highest BCUT2D eigenvalue weighted by Crippen LogP contribution is 2.25. The van der Waals surface area contributed by atoms with E-state index in [1.165, 1.54) is 18.4 Å². The monoisotopic (exact) mass is 357 g/mol. The molecule has 1 saturated heterocycles. The maximum Gasteiger partial charge on any atom is 0.222 e. The second-order valence-corrected chi connectivity index (χ2v) is 7.34. The third-order valence-electron chi connectivity index (χ3n) is 5.12. The zero-order valence-corrected chi connectivity index (χ0v) is 15.4. The highest BCUT2D eigenvalue weighted by Gasteiger charge is 2.20. The molecule has 0 bridgehead atoms. The standard InChI is InChI=1S/C19H27N5O2/c1-24(13-17-16-6-2-3-7-18(16)26-23-17)12-14-9-20-19(21-10-14)22-11-15-5-4-8-25-15/h9-10,15H,2-8,11-13H2,1H3,(H,20,21,22). The van der Waals surface area contributed by atoms with Gasteiger partial charge in [0.2, 0.25) is 5.95 Å². The van der Waals surface area contributed by atoms with Gasteiger partial charge in [-0.05, 0) is 39.2 Å². The molecule has 1 aliphatic heterocycles. The van der Waals surface area contributed by atoms with Crippen molar-refractivity contribution in [2.75, 3.05) is 25.5 Å². The van der Waals surface area contributed by atoms with Crippen molar-refractivity contribution >= 4 is 5.95 Å². The molecule has 1 atom stereocenters. The molecule has 2 aromatic rings. The zero-order chi connectivity index (χ0) is 17.8. The molecule has 4 rings (SSSR count). The number of rotatable bonds is 7. The summed E-state index contributed by atoms with van der Waals surface area (Å²) in [5, 5.41) is 7.54. The van der Waals surface area contributed by atoms with Gasteiger partial charge in [0, 0.05) is 56.2 Å². The van der Waals surface area contributed by atoms with Crippen LogP contribution in [0.5, 0.6) is 0 Å². The lowest BCUT2D eigenvalue weighted by atomic mass is 9.96. The number of hydrogen-bond acceptors (Lipinski definition) is 7. The molecule has 26 heavy (non-hydrogen) atoms. The van der Waals surface area contributed by atoms with Crippen LogP contribution in [0.25, 0.3) is 0 Å². The molecule has 1 N–H and O–H groups in total. The third kappa shape index (κ3) is 4.22. The topological polar surface area (TPSA) is 76.3 Å². The van der Waals surface area contributed by atoms with Crippen molar-refractivity contribution in [1.82, 2.24) is 20.0 Å². The van der Waals surface area contributed by atoms with Crippen LogP contribution in [0.1, 0.15) is 48.3 Å². The molecule has 0 saturated carbocycles. The van der Waals surface area contributed by atoms with Crippen molar-refractivity contribution in [3.63, 3.8) is 0 Å². The van der Waals surface area contributed by atoms with Crippen molar-refractivity contribution in [3.05, 3.63) is 35.0 Å². The van der Waals surface area contributed by atoms with Crippen molar-refractivity contribution in [1.29, 1.82) is 0 Å². The summed E-state index contributed by atoms with van der Waals surface area (Å²) in [4.78, 5) is 11.1. The predicted molar refractivity (Wildman–Crippen MR) is 97.8 cm³/mol. The number of aryl methyl sites for hydroxylation is 1. The Morgan fingerprint density at radius 2 is 2.00 bits per heavy atom. The predicted octanol–water partition coefficient (Wildman–Crippen LogP) is 2.57. The molecule has 2 aromatic heterocycles. The highest BCUT2D eigenvalue weighted by molar-refractivity contribution is 5.26. The van der Waals surface area contributed by atoms with Gasteiger partial charge in [0.1, 0.15) is 11.5 Å². The van der Waals surface area contributed by atoms with Gasteiger partial charge in [-0.25, -0.2) is 9.97 Å². The average Bonchev–Trinajstić information content (AvgIpc) is 3.32. The van der Waals surface area contributed by atoms with Crippen LogP contribution in [0, 0.1) is 0 Å². The van der Waals surface area contributed by atoms with Crippen molar-refractivity contribution in [2.24, 2.45) is 0 Å². The van der Waals surface area contributed by atoms with E-state index < -0.39 is 0 Å². The van der Waals surface area contributed by atoms with E-state index in [1.54, 1.807) is 0 Å². The molecule has 3 heterocycles. The van der Waals surface area contributed by atoms with Gasteiger partial charge < -0.3 is 14.6 Å². The summed E-state index contributed by atoms with van der Waals surface area (Å²) in [6.07, 6.45) is 10.9. The summed E-state index contributed by atoms with van der Waals surface area (Å²) in [7, 11) is 2.09. The molecular formula is C19H27N5O2. The minimum Gasteiger partial charge on any atom is -0.376 e. The summed E-state index contributed by atoms with van der Waals surface area (Å²) < 4.78 is 11.1. The largest absolute Gasteiger partial charge is 0.376 e. The Morgan fingerprint density at radius 3 is 2.81 bits per heavy atom. The quantitative estimate of drug-likeness (QED) is 0.816. The second kappa shape index (κ2) is 8.14. The Kier molecular flexibility index (Phi) is 5.45. The minimum atomic E-state index is 0.290. The van der Waals surface area contributed by atoms with Gasteiger partial charge in [0.15, 0.2) is 0 Å². The molecule has 7 nitrogen and oxygen atoms in total. The fourth-order valence-electron chi connectivity index (χ4n) is 3.73. The van der Waals surface area contributed by atoms with Crippen LogP contribution in [0.3, 0.4) is 0 Å². The minimum absolute atomic E-state index is 0.290. The van der Waals surface area contributed by atoms with Crippen LogP contribution < -0.4 is 5.32 Å². The first-order valence-corrected chi connectivity index (χ1v) is 9.59.